The van der Waals surface area contributed by atoms with Crippen molar-refractivity contribution in [3.63, 3.8) is 0 Å². The monoisotopic (exact) mass is 750 g/mol. The first-order valence-electron chi connectivity index (χ1n) is 18.8. The van der Waals surface area contributed by atoms with Crippen LogP contribution in [0.25, 0.3) is 0 Å². The van der Waals surface area contributed by atoms with Crippen molar-refractivity contribution >= 4 is 35.4 Å². The Morgan fingerprint density at radius 2 is 1.45 bits per heavy atom. The number of aromatic nitrogens is 3. The molecule has 1 aromatic rings. The second kappa shape index (κ2) is 23.0. The SMILES string of the molecule is CCC(CC)n1cc(COCC(=O)OC(C)(CC)C(=O)[C@H](CC(C)C)NC(=O)CNC(=O)[C@H](CC(C)C)NC(=O)CNC(=O)CN2CCOCC2)nn1. The number of morpholine rings is 1. The molecule has 300 valence electrons. The van der Waals surface area contributed by atoms with Gasteiger partial charge in [-0.2, -0.15) is 0 Å². The Balaban J connectivity index is 1.92. The molecule has 0 bridgehead atoms. The molecule has 2 rings (SSSR count). The fourth-order valence-electron chi connectivity index (χ4n) is 5.79. The smallest absolute Gasteiger partial charge is 0.333 e. The molecule has 1 aromatic heterocycles. The Hall–Kier alpha value is -3.96. The summed E-state index contributed by atoms with van der Waals surface area (Å²) in [6, 6.07) is -1.74. The van der Waals surface area contributed by atoms with Crippen molar-refractivity contribution in [2.45, 2.75) is 118 Å². The lowest BCUT2D eigenvalue weighted by Crippen LogP contribution is -2.55. The number of carbonyl (C=O) groups is 6. The van der Waals surface area contributed by atoms with Crippen LogP contribution in [-0.2, 0) is 49.6 Å². The maximum Gasteiger partial charge on any atom is 0.333 e. The third-order valence-electron chi connectivity index (χ3n) is 8.94. The van der Waals surface area contributed by atoms with Crippen molar-refractivity contribution in [2.24, 2.45) is 11.8 Å². The first kappa shape index (κ1) is 45.2. The van der Waals surface area contributed by atoms with Gasteiger partial charge in [-0.15, -0.1) is 5.10 Å². The Morgan fingerprint density at radius 1 is 0.868 bits per heavy atom. The molecule has 1 saturated heterocycles. The molecule has 4 N–H and O–H groups in total. The molecule has 1 fully saturated rings. The maximum atomic E-state index is 13.8. The number of rotatable bonds is 24. The van der Waals surface area contributed by atoms with Gasteiger partial charge in [-0.05, 0) is 50.9 Å². The lowest BCUT2D eigenvalue weighted by atomic mass is 9.88. The van der Waals surface area contributed by atoms with Crippen LogP contribution < -0.4 is 21.3 Å². The number of hydrogen-bond acceptors (Lipinski definition) is 12. The summed E-state index contributed by atoms with van der Waals surface area (Å²) in [7, 11) is 0. The highest BCUT2D eigenvalue weighted by Crippen LogP contribution is 2.22. The molecule has 0 aliphatic carbocycles. The minimum Gasteiger partial charge on any atom is -0.450 e. The number of carbonyl (C=O) groups excluding carboxylic acids is 6. The van der Waals surface area contributed by atoms with E-state index in [2.05, 4.69) is 45.4 Å². The highest BCUT2D eigenvalue weighted by atomic mass is 16.6. The zero-order valence-electron chi connectivity index (χ0n) is 32.8. The van der Waals surface area contributed by atoms with Crippen LogP contribution in [0.15, 0.2) is 6.20 Å². The van der Waals surface area contributed by atoms with Crippen LogP contribution in [0.1, 0.15) is 99.2 Å². The molecule has 0 aromatic carbocycles. The molecule has 1 aliphatic heterocycles. The molecule has 4 amide bonds. The van der Waals surface area contributed by atoms with Crippen LogP contribution in [0.5, 0.6) is 0 Å². The van der Waals surface area contributed by atoms with Crippen LogP contribution in [0.3, 0.4) is 0 Å². The van der Waals surface area contributed by atoms with Gasteiger partial charge in [-0.25, -0.2) is 9.48 Å². The van der Waals surface area contributed by atoms with E-state index in [-0.39, 0.29) is 62.7 Å². The molecule has 3 atom stereocenters. The van der Waals surface area contributed by atoms with Crippen molar-refractivity contribution in [3.05, 3.63) is 11.9 Å². The maximum absolute atomic E-state index is 13.8. The molecule has 53 heavy (non-hydrogen) atoms. The number of nitrogens with zero attached hydrogens (tertiary/aromatic N) is 4. The summed E-state index contributed by atoms with van der Waals surface area (Å²) in [5.74, 6) is -3.29. The summed E-state index contributed by atoms with van der Waals surface area (Å²) in [4.78, 5) is 79.7. The Bertz CT molecular complexity index is 1340. The van der Waals surface area contributed by atoms with Crippen molar-refractivity contribution in [1.29, 1.82) is 0 Å². The van der Waals surface area contributed by atoms with Gasteiger partial charge in [0.15, 0.2) is 11.4 Å². The molecule has 2 heterocycles. The van der Waals surface area contributed by atoms with E-state index in [0.29, 0.717) is 32.0 Å². The number of hydrogen-bond donors (Lipinski definition) is 4. The fraction of sp³-hybridized carbons (Fsp3) is 0.778. The summed E-state index contributed by atoms with van der Waals surface area (Å²) in [6.07, 6.45) is 4.28. The quantitative estimate of drug-likeness (QED) is 0.109. The van der Waals surface area contributed by atoms with Crippen molar-refractivity contribution < 1.29 is 43.0 Å². The van der Waals surface area contributed by atoms with Gasteiger partial charge in [-0.1, -0.05) is 53.7 Å². The number of nitrogens with one attached hydrogen (secondary N) is 4. The number of esters is 1. The second-order valence-corrected chi connectivity index (χ2v) is 14.5. The molecular weight excluding hydrogens is 688 g/mol. The van der Waals surface area contributed by atoms with Crippen LogP contribution in [0.2, 0.25) is 0 Å². The van der Waals surface area contributed by atoms with E-state index in [0.717, 1.165) is 12.8 Å². The van der Waals surface area contributed by atoms with Crippen LogP contribution in [0.4, 0.5) is 0 Å². The summed E-state index contributed by atoms with van der Waals surface area (Å²) in [5.41, 5.74) is -0.994. The van der Waals surface area contributed by atoms with Crippen molar-refractivity contribution in [2.75, 3.05) is 52.5 Å². The molecule has 1 unspecified atom stereocenters. The van der Waals surface area contributed by atoms with E-state index < -0.39 is 60.3 Å². The van der Waals surface area contributed by atoms with Crippen molar-refractivity contribution in [1.82, 2.24) is 41.2 Å². The number of Topliss-reactive ketones (excluding diaryl/α,β-unsaturated/α-hetero) is 1. The third-order valence-corrected chi connectivity index (χ3v) is 8.94. The highest BCUT2D eigenvalue weighted by molar-refractivity contribution is 5.97. The molecule has 1 aliphatic rings. The zero-order chi connectivity index (χ0) is 39.6. The predicted octanol–water partition coefficient (Wildman–Crippen LogP) is 1.06. The van der Waals surface area contributed by atoms with Gasteiger partial charge in [0.25, 0.3) is 0 Å². The van der Waals surface area contributed by atoms with Gasteiger partial charge in [-0.3, -0.25) is 28.9 Å². The topological polar surface area (TPSA) is 212 Å². The standard InChI is InChI=1S/C36H62N8O9/c1-9-27(10-2)44-20-26(41-42-44)22-52-23-33(48)53-36(8,11-3)34(49)28(16-24(4)5)39-31(46)19-38-35(50)29(17-25(6)7)40-30(45)18-37-32(47)21-43-12-14-51-15-13-43/h20,24-25,27-29H,9-19,21-23H2,1-8H3,(H,37,47)(H,38,50)(H,39,46)(H,40,45)/t28-,29-,36?/m0/s1. The summed E-state index contributed by atoms with van der Waals surface area (Å²) < 4.78 is 18.2. The Labute approximate surface area is 313 Å². The highest BCUT2D eigenvalue weighted by Gasteiger charge is 2.41. The van der Waals surface area contributed by atoms with E-state index in [4.69, 9.17) is 14.2 Å². The van der Waals surface area contributed by atoms with Crippen LogP contribution in [-0.4, -0.2) is 126 Å². The fourth-order valence-corrected chi connectivity index (χ4v) is 5.79. The minimum absolute atomic E-state index is 0.00703. The van der Waals surface area contributed by atoms with E-state index >= 15 is 0 Å². The first-order chi connectivity index (χ1) is 25.1. The lowest BCUT2D eigenvalue weighted by molar-refractivity contribution is -0.171. The second-order valence-electron chi connectivity index (χ2n) is 14.5. The van der Waals surface area contributed by atoms with Crippen LogP contribution >= 0.6 is 0 Å². The predicted molar refractivity (Wildman–Crippen MR) is 195 cm³/mol. The van der Waals surface area contributed by atoms with Gasteiger partial charge in [0.1, 0.15) is 18.3 Å². The molecular formula is C36H62N8O9. The third kappa shape index (κ3) is 16.3. The molecule has 0 spiro atoms. The summed E-state index contributed by atoms with van der Waals surface area (Å²) in [6.45, 7) is 16.2. The molecule has 0 radical (unpaired) electrons. The number of amides is 4. The van der Waals surface area contributed by atoms with Gasteiger partial charge in [0, 0.05) is 13.1 Å². The number of ketones is 1. The van der Waals surface area contributed by atoms with Gasteiger partial charge in [0.2, 0.25) is 23.6 Å². The van der Waals surface area contributed by atoms with Gasteiger partial charge in [0.05, 0.1) is 57.7 Å². The zero-order valence-corrected chi connectivity index (χ0v) is 32.8. The average molecular weight is 751 g/mol. The first-order valence-corrected chi connectivity index (χ1v) is 18.8. The van der Waals surface area contributed by atoms with E-state index in [1.807, 2.05) is 32.6 Å². The van der Waals surface area contributed by atoms with E-state index in [9.17, 15) is 28.8 Å². The molecule has 0 saturated carbocycles. The Morgan fingerprint density at radius 3 is 2.04 bits per heavy atom. The van der Waals surface area contributed by atoms with Gasteiger partial charge < -0.3 is 35.5 Å². The normalized spacial score (nSPS) is 15.8. The summed E-state index contributed by atoms with van der Waals surface area (Å²) in [5, 5.41) is 18.7. The van der Waals surface area contributed by atoms with Crippen LogP contribution in [0, 0.1) is 11.8 Å². The van der Waals surface area contributed by atoms with E-state index in [1.54, 1.807) is 17.8 Å². The van der Waals surface area contributed by atoms with Gasteiger partial charge >= 0.3 is 5.97 Å². The average Bonchev–Trinajstić information content (AvgIpc) is 3.57. The largest absolute Gasteiger partial charge is 0.450 e. The lowest BCUT2D eigenvalue weighted by Gasteiger charge is -2.32. The van der Waals surface area contributed by atoms with Crippen molar-refractivity contribution in [3.8, 4) is 0 Å². The minimum atomic E-state index is -1.56. The molecule has 17 nitrogen and oxygen atoms in total. The summed E-state index contributed by atoms with van der Waals surface area (Å²) >= 11 is 0. The Kier molecular flexibility index (Phi) is 19.6. The van der Waals surface area contributed by atoms with E-state index in [1.165, 1.54) is 6.92 Å². The molecule has 17 heteroatoms. The number of ether oxygens (including phenoxy) is 3.